The summed E-state index contributed by atoms with van der Waals surface area (Å²) in [6.45, 7) is 0. The molecular formula is C26H21F2I2NO5. The zero-order valence-electron chi connectivity index (χ0n) is 19.1. The van der Waals surface area contributed by atoms with Crippen LogP contribution in [0.25, 0.3) is 0 Å². The van der Waals surface area contributed by atoms with Gasteiger partial charge in [0.1, 0.15) is 0 Å². The van der Waals surface area contributed by atoms with Gasteiger partial charge in [-0.2, -0.15) is 0 Å². The van der Waals surface area contributed by atoms with Crippen LogP contribution in [0.4, 0.5) is 8.78 Å². The molecule has 1 aliphatic heterocycles. The summed E-state index contributed by atoms with van der Waals surface area (Å²) in [6, 6.07) is 16.2. The third-order valence-corrected chi connectivity index (χ3v) is 19.5. The molecule has 0 atom stereocenters. The maximum absolute atomic E-state index is 15.6. The standard InChI is InChI=1S/C26H21F2I2NO5/c1-29-30(19-8-10-20(35-2)11-9-19)25-21(27)12-7-18(24(25)28)15-16-3-5-17(6-4-16)26(34)36-31-22(32)13-14-23(31)33/h3-12H,1,13-15H2,2H3. The minimum atomic E-state index is -2.37. The molecule has 36 heavy (non-hydrogen) atoms. The number of hydrogen-bond donors (Lipinski definition) is 0. The van der Waals surface area contributed by atoms with Crippen LogP contribution in [-0.4, -0.2) is 34.5 Å². The van der Waals surface area contributed by atoms with E-state index < -0.39 is 62.0 Å². The van der Waals surface area contributed by atoms with E-state index in [0.29, 0.717) is 21.9 Å². The second kappa shape index (κ2) is 11.5. The van der Waals surface area contributed by atoms with E-state index in [2.05, 4.69) is 4.51 Å². The summed E-state index contributed by atoms with van der Waals surface area (Å²) < 4.78 is 40.8. The quantitative estimate of drug-likeness (QED) is 0.171. The predicted molar refractivity (Wildman–Crippen MR) is 148 cm³/mol. The number of amides is 2. The van der Waals surface area contributed by atoms with Crippen molar-refractivity contribution in [2.75, 3.05) is 7.11 Å². The molecule has 1 fully saturated rings. The molecule has 0 spiro atoms. The van der Waals surface area contributed by atoms with Crippen LogP contribution in [0.2, 0.25) is 0 Å². The van der Waals surface area contributed by atoms with E-state index >= 15 is 4.39 Å². The molecule has 0 saturated carbocycles. The van der Waals surface area contributed by atoms with Crippen LogP contribution >= 0.6 is 32.6 Å². The summed E-state index contributed by atoms with van der Waals surface area (Å²) in [6.07, 6.45) is 0.212. The Morgan fingerprint density at radius 3 is 2.22 bits per heavy atom. The second-order valence-electron chi connectivity index (χ2n) is 7.67. The van der Waals surface area contributed by atoms with E-state index in [1.165, 1.54) is 24.3 Å². The van der Waals surface area contributed by atoms with Gasteiger partial charge in [0.2, 0.25) is 0 Å². The molecule has 0 bridgehead atoms. The van der Waals surface area contributed by atoms with Crippen LogP contribution in [0, 0.1) is 18.8 Å². The average molecular weight is 719 g/mol. The third kappa shape index (κ3) is 5.64. The molecule has 0 radical (unpaired) electrons. The van der Waals surface area contributed by atoms with Gasteiger partial charge in [-0.3, -0.25) is 9.59 Å². The normalized spacial score (nSPS) is 13.6. The van der Waals surface area contributed by atoms with Gasteiger partial charge in [0.15, 0.2) is 0 Å². The number of hydroxylamine groups is 2. The number of hydrogen-bond acceptors (Lipinski definition) is 5. The molecule has 0 aromatic heterocycles. The number of carbonyl (C=O) groups is 3. The van der Waals surface area contributed by atoms with Gasteiger partial charge in [-0.25, -0.2) is 0 Å². The Hall–Kier alpha value is -2.74. The van der Waals surface area contributed by atoms with Crippen LogP contribution in [0.1, 0.15) is 34.3 Å². The minimum absolute atomic E-state index is 0.00881. The van der Waals surface area contributed by atoms with Crippen molar-refractivity contribution < 1.29 is 32.7 Å². The Bertz CT molecular complexity index is 1310. The molecule has 6 nitrogen and oxygen atoms in total. The first-order valence-electron chi connectivity index (χ1n) is 10.7. The predicted octanol–water partition coefficient (Wildman–Crippen LogP) is 5.65. The second-order valence-corrected chi connectivity index (χ2v) is 21.3. The first-order chi connectivity index (χ1) is 17.3. The van der Waals surface area contributed by atoms with Crippen molar-refractivity contribution in [3.63, 3.8) is 0 Å². The first-order valence-corrected chi connectivity index (χ1v) is 20.7. The topological polar surface area (TPSA) is 72.9 Å². The first kappa shape index (κ1) is 26.3. The molecular weight excluding hydrogens is 698 g/mol. The fourth-order valence-corrected chi connectivity index (χ4v) is 15.7. The number of ether oxygens (including phenoxy) is 1. The summed E-state index contributed by atoms with van der Waals surface area (Å²) in [7, 11) is 1.56. The molecule has 1 heterocycles. The van der Waals surface area contributed by atoms with Gasteiger partial charge in [0.25, 0.3) is 0 Å². The summed E-state index contributed by atoms with van der Waals surface area (Å²) in [5, 5.41) is 0.487. The van der Waals surface area contributed by atoms with Crippen molar-refractivity contribution in [1.82, 2.24) is 5.06 Å². The van der Waals surface area contributed by atoms with E-state index in [0.717, 1.165) is 3.57 Å². The van der Waals surface area contributed by atoms with Crippen molar-refractivity contribution in [2.45, 2.75) is 19.3 Å². The number of imide groups is 1. The molecule has 2 amide bonds. The molecule has 0 aliphatic carbocycles. The third-order valence-electron chi connectivity index (χ3n) is 5.39. The Balaban J connectivity index is 1.54. The Kier molecular flexibility index (Phi) is 8.44. The molecule has 3 aromatic carbocycles. The van der Waals surface area contributed by atoms with E-state index in [1.54, 1.807) is 31.4 Å². The zero-order chi connectivity index (χ0) is 25.8. The summed E-state index contributed by atoms with van der Waals surface area (Å²) >= 11 is -3.05. The van der Waals surface area contributed by atoms with Crippen molar-refractivity contribution in [3.05, 3.63) is 96.1 Å². The van der Waals surface area contributed by atoms with Gasteiger partial charge in [-0.15, -0.1) is 0 Å². The fourth-order valence-electron chi connectivity index (χ4n) is 3.53. The molecule has 1 aliphatic rings. The number of nitrogens with zero attached hydrogens (tertiary/aromatic N) is 1. The van der Waals surface area contributed by atoms with E-state index in [9.17, 15) is 18.8 Å². The molecule has 0 unspecified atom stereocenters. The van der Waals surface area contributed by atoms with E-state index in [4.69, 9.17) is 9.57 Å². The van der Waals surface area contributed by atoms with Crippen molar-refractivity contribution >= 4 is 54.9 Å². The molecule has 3 aromatic rings. The Morgan fingerprint density at radius 2 is 1.64 bits per heavy atom. The molecule has 0 N–H and O–H groups in total. The Labute approximate surface area is 219 Å². The summed E-state index contributed by atoms with van der Waals surface area (Å²) in [5.41, 5.74) is 1.19. The van der Waals surface area contributed by atoms with E-state index in [-0.39, 0.29) is 28.4 Å². The SMILES string of the molecule is C=II(c1ccc(OC)cc1)c1c(F)ccc(Cc2ccc(C(=O)ON3C(=O)CCC3=O)cc2)c1F. The van der Waals surface area contributed by atoms with Gasteiger partial charge in [-0.05, 0) is 0 Å². The number of carbonyl (C=O) groups excluding carboxylic acids is 3. The van der Waals surface area contributed by atoms with Crippen LogP contribution in [0.3, 0.4) is 0 Å². The van der Waals surface area contributed by atoms with Gasteiger partial charge < -0.3 is 0 Å². The Morgan fingerprint density at radius 1 is 1.00 bits per heavy atom. The van der Waals surface area contributed by atoms with Crippen molar-refractivity contribution in [2.24, 2.45) is 0 Å². The van der Waals surface area contributed by atoms with E-state index in [1.807, 2.05) is 12.1 Å². The number of halogens is 4. The van der Waals surface area contributed by atoms with Crippen LogP contribution < -0.4 is 4.74 Å². The van der Waals surface area contributed by atoms with Gasteiger partial charge in [0, 0.05) is 12.8 Å². The van der Waals surface area contributed by atoms with Crippen molar-refractivity contribution in [3.8, 4) is 5.75 Å². The zero-order valence-corrected chi connectivity index (χ0v) is 23.4. The van der Waals surface area contributed by atoms with Crippen LogP contribution in [0.5, 0.6) is 5.75 Å². The number of rotatable bonds is 8. The van der Waals surface area contributed by atoms with Crippen LogP contribution in [0.15, 0.2) is 60.7 Å². The van der Waals surface area contributed by atoms with Crippen LogP contribution in [-0.2, 0) is 20.8 Å². The average Bonchev–Trinajstić information content (AvgIpc) is 3.20. The number of methoxy groups -OCH3 is 1. The molecule has 1 saturated heterocycles. The maximum atomic E-state index is 15.6. The molecule has 188 valence electrons. The fraction of sp³-hybridized carbons (Fsp3) is 0.154. The van der Waals surface area contributed by atoms with Gasteiger partial charge >= 0.3 is 199 Å². The molecule has 10 heteroatoms. The summed E-state index contributed by atoms with van der Waals surface area (Å²) in [4.78, 5) is 40.5. The van der Waals surface area contributed by atoms with Crippen molar-refractivity contribution in [1.29, 1.82) is 0 Å². The van der Waals surface area contributed by atoms with Gasteiger partial charge in [0.05, 0.1) is 0 Å². The summed E-state index contributed by atoms with van der Waals surface area (Å²) in [5.74, 6) is -2.38. The number of benzene rings is 3. The van der Waals surface area contributed by atoms with Gasteiger partial charge in [-0.1, -0.05) is 0 Å². The monoisotopic (exact) mass is 719 g/mol. The molecule has 4 rings (SSSR count).